The van der Waals surface area contributed by atoms with Crippen molar-refractivity contribution < 1.29 is 9.90 Å². The number of β-amino-alcohol motifs (C(OH)–C–C–N with tert-alkyl or cyclic N) is 1. The summed E-state index contributed by atoms with van der Waals surface area (Å²) in [5.74, 6) is 0.0446. The number of aromatic nitrogens is 1. The van der Waals surface area contributed by atoms with Crippen LogP contribution in [0.2, 0.25) is 5.15 Å². The number of anilines is 1. The molecule has 16 heavy (non-hydrogen) atoms. The molecule has 1 fully saturated rings. The summed E-state index contributed by atoms with van der Waals surface area (Å²) >= 11 is 5.72. The summed E-state index contributed by atoms with van der Waals surface area (Å²) in [4.78, 5) is 17.3. The average molecular weight is 242 g/mol. The maximum Gasteiger partial charge on any atom is 0.254 e. The van der Waals surface area contributed by atoms with Crippen molar-refractivity contribution in [3.63, 3.8) is 0 Å². The van der Waals surface area contributed by atoms with Crippen LogP contribution in [0.3, 0.4) is 0 Å². The summed E-state index contributed by atoms with van der Waals surface area (Å²) in [6.07, 6.45) is 0.179. The van der Waals surface area contributed by atoms with E-state index in [9.17, 15) is 9.90 Å². The fourth-order valence-corrected chi connectivity index (χ4v) is 1.96. The van der Waals surface area contributed by atoms with Crippen LogP contribution in [0.5, 0.6) is 0 Å². The number of aliphatic hydroxyl groups excluding tert-OH is 1. The van der Waals surface area contributed by atoms with Gasteiger partial charge in [-0.3, -0.25) is 4.79 Å². The minimum absolute atomic E-state index is 0.174. The molecular weight excluding hydrogens is 230 g/mol. The molecule has 1 unspecified atom stereocenters. The van der Waals surface area contributed by atoms with Crippen molar-refractivity contribution in [1.82, 2.24) is 9.88 Å². The van der Waals surface area contributed by atoms with Gasteiger partial charge in [0.25, 0.3) is 5.91 Å². The number of rotatable bonds is 1. The number of nitrogens with zero attached hydrogens (tertiary/aromatic N) is 2. The largest absolute Gasteiger partial charge is 0.391 e. The van der Waals surface area contributed by atoms with Gasteiger partial charge in [0.15, 0.2) is 0 Å². The summed E-state index contributed by atoms with van der Waals surface area (Å²) in [6, 6.07) is 2.96. The Kier molecular flexibility index (Phi) is 2.98. The summed E-state index contributed by atoms with van der Waals surface area (Å²) < 4.78 is 0. The molecule has 0 aromatic carbocycles. The molecule has 2 rings (SSSR count). The maximum absolute atomic E-state index is 12.0. The fourth-order valence-electron chi connectivity index (χ4n) is 1.75. The van der Waals surface area contributed by atoms with E-state index < -0.39 is 6.10 Å². The van der Waals surface area contributed by atoms with Crippen LogP contribution in [0.1, 0.15) is 16.8 Å². The van der Waals surface area contributed by atoms with Crippen molar-refractivity contribution in [1.29, 1.82) is 0 Å². The lowest BCUT2D eigenvalue weighted by Crippen LogP contribution is -2.29. The van der Waals surface area contributed by atoms with Crippen LogP contribution in [0.15, 0.2) is 12.1 Å². The Morgan fingerprint density at radius 3 is 2.94 bits per heavy atom. The molecular formula is C10H12ClN3O2. The first kappa shape index (κ1) is 11.2. The number of hydrogen-bond donors (Lipinski definition) is 2. The van der Waals surface area contributed by atoms with Crippen molar-refractivity contribution in [2.45, 2.75) is 12.5 Å². The van der Waals surface area contributed by atoms with Gasteiger partial charge in [0.1, 0.15) is 11.0 Å². The van der Waals surface area contributed by atoms with Gasteiger partial charge in [0.05, 0.1) is 6.10 Å². The molecule has 1 atom stereocenters. The average Bonchev–Trinajstić information content (AvgIpc) is 2.62. The Bertz CT molecular complexity index is 404. The van der Waals surface area contributed by atoms with Gasteiger partial charge in [-0.25, -0.2) is 4.98 Å². The number of hydrogen-bond acceptors (Lipinski definition) is 4. The Labute approximate surface area is 97.8 Å². The quantitative estimate of drug-likeness (QED) is 0.703. The van der Waals surface area contributed by atoms with Gasteiger partial charge >= 0.3 is 0 Å². The molecule has 0 saturated carbocycles. The van der Waals surface area contributed by atoms with E-state index in [1.165, 1.54) is 12.1 Å². The monoisotopic (exact) mass is 241 g/mol. The predicted octanol–water partition coefficient (Wildman–Crippen LogP) is 0.524. The number of aliphatic hydroxyl groups is 1. The summed E-state index contributed by atoms with van der Waals surface area (Å²) in [7, 11) is 0. The SMILES string of the molecule is Nc1cc(C(=O)N2CCC(O)C2)cc(Cl)n1. The molecule has 86 valence electrons. The van der Waals surface area contributed by atoms with Crippen molar-refractivity contribution in [2.24, 2.45) is 0 Å². The van der Waals surface area contributed by atoms with Crippen molar-refractivity contribution in [3.05, 3.63) is 22.8 Å². The van der Waals surface area contributed by atoms with E-state index in [1.54, 1.807) is 4.90 Å². The number of likely N-dealkylation sites (tertiary alicyclic amines) is 1. The van der Waals surface area contributed by atoms with Crippen LogP contribution in [-0.4, -0.2) is 40.1 Å². The topological polar surface area (TPSA) is 79.5 Å². The standard InChI is InChI=1S/C10H12ClN3O2/c11-8-3-6(4-9(12)13-8)10(16)14-2-1-7(15)5-14/h3-4,7,15H,1-2,5H2,(H2,12,13). The summed E-state index contributed by atoms with van der Waals surface area (Å²) in [6.45, 7) is 0.915. The van der Waals surface area contributed by atoms with Crippen LogP contribution >= 0.6 is 11.6 Å². The highest BCUT2D eigenvalue weighted by Crippen LogP contribution is 2.17. The van der Waals surface area contributed by atoms with E-state index >= 15 is 0 Å². The molecule has 1 aliphatic rings. The zero-order valence-corrected chi connectivity index (χ0v) is 9.31. The third kappa shape index (κ3) is 2.25. The van der Waals surface area contributed by atoms with Crippen molar-refractivity contribution >= 4 is 23.3 Å². The normalized spacial score (nSPS) is 20.1. The smallest absolute Gasteiger partial charge is 0.254 e. The first-order valence-electron chi connectivity index (χ1n) is 4.96. The van der Waals surface area contributed by atoms with Crippen molar-refractivity contribution in [3.8, 4) is 0 Å². The van der Waals surface area contributed by atoms with Crippen LogP contribution in [-0.2, 0) is 0 Å². The molecule has 3 N–H and O–H groups in total. The fraction of sp³-hybridized carbons (Fsp3) is 0.400. The number of amides is 1. The lowest BCUT2D eigenvalue weighted by Gasteiger charge is -2.15. The highest BCUT2D eigenvalue weighted by Gasteiger charge is 2.25. The molecule has 0 spiro atoms. The van der Waals surface area contributed by atoms with Crippen LogP contribution < -0.4 is 5.73 Å². The lowest BCUT2D eigenvalue weighted by atomic mass is 10.2. The number of pyridine rings is 1. The zero-order valence-electron chi connectivity index (χ0n) is 8.56. The Balaban J connectivity index is 2.20. The number of halogens is 1. The molecule has 1 aliphatic heterocycles. The van der Waals surface area contributed by atoms with Gasteiger partial charge in [-0.2, -0.15) is 0 Å². The van der Waals surface area contributed by atoms with E-state index in [4.69, 9.17) is 17.3 Å². The van der Waals surface area contributed by atoms with Crippen molar-refractivity contribution in [2.75, 3.05) is 18.8 Å². The van der Waals surface area contributed by atoms with Crippen LogP contribution in [0.4, 0.5) is 5.82 Å². The predicted molar refractivity (Wildman–Crippen MR) is 60.2 cm³/mol. The van der Waals surface area contributed by atoms with Gasteiger partial charge in [-0.15, -0.1) is 0 Å². The molecule has 6 heteroatoms. The van der Waals surface area contributed by atoms with Gasteiger partial charge in [-0.1, -0.05) is 11.6 Å². The molecule has 1 saturated heterocycles. The second-order valence-corrected chi connectivity index (χ2v) is 4.18. The van der Waals surface area contributed by atoms with Crippen LogP contribution in [0, 0.1) is 0 Å². The highest BCUT2D eigenvalue weighted by molar-refractivity contribution is 6.29. The molecule has 0 radical (unpaired) electrons. The van der Waals surface area contributed by atoms with E-state index in [0.717, 1.165) is 0 Å². The number of carbonyl (C=O) groups is 1. The number of nitrogens with two attached hydrogens (primary N) is 1. The molecule has 1 aromatic rings. The lowest BCUT2D eigenvalue weighted by molar-refractivity contribution is 0.0765. The molecule has 5 nitrogen and oxygen atoms in total. The Morgan fingerprint density at radius 2 is 2.38 bits per heavy atom. The van der Waals surface area contributed by atoms with Gasteiger partial charge in [0, 0.05) is 18.7 Å². The first-order chi connectivity index (χ1) is 7.56. The van der Waals surface area contributed by atoms with E-state index in [2.05, 4.69) is 4.98 Å². The van der Waals surface area contributed by atoms with E-state index in [-0.39, 0.29) is 16.9 Å². The molecule has 1 amide bonds. The minimum Gasteiger partial charge on any atom is -0.391 e. The maximum atomic E-state index is 12.0. The van der Waals surface area contributed by atoms with Gasteiger partial charge < -0.3 is 15.7 Å². The molecule has 1 aromatic heterocycles. The van der Waals surface area contributed by atoms with E-state index in [1.807, 2.05) is 0 Å². The third-order valence-corrected chi connectivity index (χ3v) is 2.71. The molecule has 0 aliphatic carbocycles. The Hall–Kier alpha value is -1.33. The molecule has 0 bridgehead atoms. The minimum atomic E-state index is -0.432. The second-order valence-electron chi connectivity index (χ2n) is 3.80. The van der Waals surface area contributed by atoms with E-state index in [0.29, 0.717) is 25.1 Å². The summed E-state index contributed by atoms with van der Waals surface area (Å²) in [5, 5.41) is 9.54. The first-order valence-corrected chi connectivity index (χ1v) is 5.34. The van der Waals surface area contributed by atoms with Gasteiger partial charge in [-0.05, 0) is 18.6 Å². The van der Waals surface area contributed by atoms with Gasteiger partial charge in [0.2, 0.25) is 0 Å². The number of carbonyl (C=O) groups excluding carboxylic acids is 1. The summed E-state index contributed by atoms with van der Waals surface area (Å²) in [5.41, 5.74) is 5.92. The van der Waals surface area contributed by atoms with Crippen LogP contribution in [0.25, 0.3) is 0 Å². The molecule has 2 heterocycles. The third-order valence-electron chi connectivity index (χ3n) is 2.51. The zero-order chi connectivity index (χ0) is 11.7. The number of nitrogen functional groups attached to an aromatic ring is 1. The highest BCUT2D eigenvalue weighted by atomic mass is 35.5. The second kappa shape index (κ2) is 4.27. The Morgan fingerprint density at radius 1 is 1.62 bits per heavy atom.